The van der Waals surface area contributed by atoms with E-state index in [9.17, 15) is 9.59 Å². The fraction of sp³-hybridized carbons (Fsp3) is 0.524. The molecule has 0 saturated carbocycles. The number of aromatic amines is 2. The normalized spacial score (nSPS) is 10.9. The molecular formula is C21H30N2O4. The van der Waals surface area contributed by atoms with Gasteiger partial charge in [0.05, 0.1) is 14.2 Å². The Morgan fingerprint density at radius 3 is 1.26 bits per heavy atom. The van der Waals surface area contributed by atoms with Crippen molar-refractivity contribution in [2.75, 3.05) is 14.2 Å². The van der Waals surface area contributed by atoms with E-state index < -0.39 is 0 Å². The minimum atomic E-state index is -0.348. The Balaban J connectivity index is 2.57. The summed E-state index contributed by atoms with van der Waals surface area (Å²) >= 11 is 0. The van der Waals surface area contributed by atoms with Gasteiger partial charge >= 0.3 is 11.9 Å². The highest BCUT2D eigenvalue weighted by atomic mass is 16.5. The average Bonchev–Trinajstić information content (AvgIpc) is 3.23. The number of hydrogen-bond acceptors (Lipinski definition) is 4. The molecule has 0 amide bonds. The molecule has 148 valence electrons. The number of carbonyl (C=O) groups is 2. The quantitative estimate of drug-likeness (QED) is 0.689. The number of rotatable bonds is 8. The van der Waals surface area contributed by atoms with E-state index in [0.717, 1.165) is 59.3 Å². The number of ether oxygens (including phenoxy) is 2. The first-order valence-electron chi connectivity index (χ1n) is 9.58. The molecule has 0 aromatic carbocycles. The molecule has 0 aliphatic carbocycles. The van der Waals surface area contributed by atoms with Crippen LogP contribution in [0.15, 0.2) is 0 Å². The molecule has 0 fully saturated rings. The lowest BCUT2D eigenvalue weighted by Crippen LogP contribution is -2.05. The third-order valence-corrected chi connectivity index (χ3v) is 5.16. The Kier molecular flexibility index (Phi) is 6.88. The van der Waals surface area contributed by atoms with Crippen LogP contribution in [0.4, 0.5) is 0 Å². The highest BCUT2D eigenvalue weighted by Crippen LogP contribution is 2.28. The minimum Gasteiger partial charge on any atom is -0.464 e. The van der Waals surface area contributed by atoms with E-state index in [0.29, 0.717) is 17.8 Å². The molecule has 6 nitrogen and oxygen atoms in total. The van der Waals surface area contributed by atoms with Crippen molar-refractivity contribution < 1.29 is 19.1 Å². The predicted octanol–water partition coefficient (Wildman–Crippen LogP) is 3.76. The number of nitrogens with one attached hydrogen (secondary N) is 2. The van der Waals surface area contributed by atoms with Gasteiger partial charge in [0.25, 0.3) is 0 Å². The van der Waals surface area contributed by atoms with Gasteiger partial charge < -0.3 is 19.4 Å². The Hall–Kier alpha value is -2.50. The first-order valence-corrected chi connectivity index (χ1v) is 9.58. The Morgan fingerprint density at radius 2 is 1.00 bits per heavy atom. The molecule has 2 heterocycles. The first-order chi connectivity index (χ1) is 13.0. The van der Waals surface area contributed by atoms with Gasteiger partial charge in [-0.25, -0.2) is 9.59 Å². The predicted molar refractivity (Wildman–Crippen MR) is 105 cm³/mol. The van der Waals surface area contributed by atoms with Crippen LogP contribution in [0.2, 0.25) is 0 Å². The van der Waals surface area contributed by atoms with Crippen LogP contribution < -0.4 is 0 Å². The molecular weight excluding hydrogens is 344 g/mol. The van der Waals surface area contributed by atoms with Gasteiger partial charge in [-0.2, -0.15) is 0 Å². The lowest BCUT2D eigenvalue weighted by molar-refractivity contribution is 0.0585. The summed E-state index contributed by atoms with van der Waals surface area (Å²) in [7, 11) is 2.79. The summed E-state index contributed by atoms with van der Waals surface area (Å²) in [4.78, 5) is 30.9. The topological polar surface area (TPSA) is 84.2 Å². The molecule has 27 heavy (non-hydrogen) atoms. The molecule has 0 bridgehead atoms. The average molecular weight is 374 g/mol. The van der Waals surface area contributed by atoms with Crippen LogP contribution in [0.1, 0.15) is 82.3 Å². The summed E-state index contributed by atoms with van der Waals surface area (Å²) in [5, 5.41) is 0. The smallest absolute Gasteiger partial charge is 0.354 e. The SMILES string of the molecule is CCc1c(Cc2[nH]c(C(=O)OC)c(CC)c2CC)[nH]c(C(=O)OC)c1CC. The van der Waals surface area contributed by atoms with Gasteiger partial charge in [0.2, 0.25) is 0 Å². The lowest BCUT2D eigenvalue weighted by atomic mass is 9.98. The van der Waals surface area contributed by atoms with Crippen LogP contribution in [-0.2, 0) is 41.6 Å². The second-order valence-electron chi connectivity index (χ2n) is 6.45. The van der Waals surface area contributed by atoms with E-state index in [2.05, 4.69) is 23.8 Å². The van der Waals surface area contributed by atoms with Crippen molar-refractivity contribution in [2.24, 2.45) is 0 Å². The van der Waals surface area contributed by atoms with Crippen molar-refractivity contribution >= 4 is 11.9 Å². The summed E-state index contributed by atoms with van der Waals surface area (Å²) < 4.78 is 9.87. The van der Waals surface area contributed by atoms with Crippen LogP contribution in [0.3, 0.4) is 0 Å². The number of methoxy groups -OCH3 is 2. The molecule has 0 atom stereocenters. The number of H-pyrrole nitrogens is 2. The molecule has 2 aromatic rings. The van der Waals surface area contributed by atoms with E-state index in [1.54, 1.807) is 0 Å². The van der Waals surface area contributed by atoms with Gasteiger partial charge in [-0.3, -0.25) is 0 Å². The second kappa shape index (κ2) is 8.93. The zero-order valence-electron chi connectivity index (χ0n) is 17.2. The van der Waals surface area contributed by atoms with Crippen LogP contribution >= 0.6 is 0 Å². The number of hydrogen-bond donors (Lipinski definition) is 2. The second-order valence-corrected chi connectivity index (χ2v) is 6.45. The molecule has 0 unspecified atom stereocenters. The van der Waals surface area contributed by atoms with Crippen molar-refractivity contribution in [1.82, 2.24) is 9.97 Å². The summed E-state index contributed by atoms with van der Waals surface area (Å²) in [5.41, 5.74) is 7.34. The van der Waals surface area contributed by atoms with Gasteiger partial charge in [-0.1, -0.05) is 27.7 Å². The van der Waals surface area contributed by atoms with Crippen molar-refractivity contribution in [3.63, 3.8) is 0 Å². The maximum absolute atomic E-state index is 12.2. The fourth-order valence-corrected chi connectivity index (χ4v) is 3.93. The molecule has 2 aromatic heterocycles. The Labute approximate surface area is 160 Å². The number of aromatic nitrogens is 2. The van der Waals surface area contributed by atoms with Gasteiger partial charge in [-0.05, 0) is 47.9 Å². The number of esters is 2. The van der Waals surface area contributed by atoms with Crippen LogP contribution in [0, 0.1) is 0 Å². The van der Waals surface area contributed by atoms with Gasteiger partial charge in [-0.15, -0.1) is 0 Å². The first kappa shape index (κ1) is 20.8. The molecule has 6 heteroatoms. The summed E-state index contributed by atoms with van der Waals surface area (Å²) in [6.07, 6.45) is 3.74. The Morgan fingerprint density at radius 1 is 0.667 bits per heavy atom. The van der Waals surface area contributed by atoms with Crippen molar-refractivity contribution in [3.8, 4) is 0 Å². The van der Waals surface area contributed by atoms with E-state index in [-0.39, 0.29) is 11.9 Å². The van der Waals surface area contributed by atoms with E-state index in [1.165, 1.54) is 14.2 Å². The van der Waals surface area contributed by atoms with Gasteiger partial charge in [0.1, 0.15) is 11.4 Å². The molecule has 2 N–H and O–H groups in total. The zero-order chi connectivity index (χ0) is 20.1. The molecule has 2 rings (SSSR count). The third-order valence-electron chi connectivity index (χ3n) is 5.16. The zero-order valence-corrected chi connectivity index (χ0v) is 17.2. The number of carbonyl (C=O) groups excluding carboxylic acids is 2. The summed E-state index contributed by atoms with van der Waals surface area (Å²) in [5.74, 6) is -0.695. The Bertz CT molecular complexity index is 762. The van der Waals surface area contributed by atoms with Gasteiger partial charge in [0.15, 0.2) is 0 Å². The maximum atomic E-state index is 12.2. The van der Waals surface area contributed by atoms with E-state index in [1.807, 2.05) is 13.8 Å². The molecule has 0 aliphatic heterocycles. The van der Waals surface area contributed by atoms with Crippen molar-refractivity contribution in [3.05, 3.63) is 45.0 Å². The largest absolute Gasteiger partial charge is 0.464 e. The minimum absolute atomic E-state index is 0.348. The van der Waals surface area contributed by atoms with Crippen molar-refractivity contribution in [1.29, 1.82) is 0 Å². The van der Waals surface area contributed by atoms with Crippen LogP contribution in [-0.4, -0.2) is 36.1 Å². The summed E-state index contributed by atoms with van der Waals surface area (Å²) in [6, 6.07) is 0. The third kappa shape index (κ3) is 3.80. The molecule has 0 saturated heterocycles. The highest BCUT2D eigenvalue weighted by molar-refractivity contribution is 5.90. The van der Waals surface area contributed by atoms with Crippen molar-refractivity contribution in [2.45, 2.75) is 59.8 Å². The van der Waals surface area contributed by atoms with Crippen LogP contribution in [0.5, 0.6) is 0 Å². The molecule has 0 radical (unpaired) electrons. The standard InChI is InChI=1S/C21H30N2O4/c1-7-12-14(9-3)18(20(24)26-5)22-16(12)11-17-13(8-2)15(10-4)19(23-17)21(25)27-6/h22-23H,7-11H2,1-6H3. The van der Waals surface area contributed by atoms with E-state index >= 15 is 0 Å². The van der Waals surface area contributed by atoms with Crippen LogP contribution in [0.25, 0.3) is 0 Å². The maximum Gasteiger partial charge on any atom is 0.354 e. The lowest BCUT2D eigenvalue weighted by Gasteiger charge is -2.06. The highest BCUT2D eigenvalue weighted by Gasteiger charge is 2.24. The molecule has 0 aliphatic rings. The fourth-order valence-electron chi connectivity index (χ4n) is 3.93. The summed E-state index contributed by atoms with van der Waals surface area (Å²) in [6.45, 7) is 8.24. The molecule has 0 spiro atoms. The monoisotopic (exact) mass is 374 g/mol. The van der Waals surface area contributed by atoms with E-state index in [4.69, 9.17) is 9.47 Å². The van der Waals surface area contributed by atoms with Gasteiger partial charge in [0, 0.05) is 17.8 Å².